The van der Waals surface area contributed by atoms with Gasteiger partial charge in [0.05, 0.1) is 17.6 Å². The van der Waals surface area contributed by atoms with E-state index < -0.39 is 17.3 Å². The quantitative estimate of drug-likeness (QED) is 0.860. The van der Waals surface area contributed by atoms with Gasteiger partial charge in [-0.15, -0.1) is 0 Å². The first kappa shape index (κ1) is 19.3. The van der Waals surface area contributed by atoms with Crippen molar-refractivity contribution in [2.75, 3.05) is 13.1 Å². The lowest BCUT2D eigenvalue weighted by Crippen LogP contribution is -2.62. The average Bonchev–Trinajstić information content (AvgIpc) is 3.08. The first-order valence-electron chi connectivity index (χ1n) is 8.77. The molecule has 0 saturated carbocycles. The predicted octanol–water partition coefficient (Wildman–Crippen LogP) is 3.25. The van der Waals surface area contributed by atoms with Crippen LogP contribution in [-0.2, 0) is 17.5 Å². The molecule has 1 atom stereocenters. The molecule has 6 nitrogen and oxygen atoms in total. The van der Waals surface area contributed by atoms with Crippen molar-refractivity contribution in [1.82, 2.24) is 20.4 Å². The summed E-state index contributed by atoms with van der Waals surface area (Å²) in [7, 11) is 0. The number of hydrogen-bond acceptors (Lipinski definition) is 5. The lowest BCUT2D eigenvalue weighted by molar-refractivity contribution is -0.138. The van der Waals surface area contributed by atoms with Crippen LogP contribution >= 0.6 is 0 Å². The number of piperazine rings is 1. The first-order valence-corrected chi connectivity index (χ1v) is 8.77. The topological polar surface area (TPSA) is 71.3 Å². The Morgan fingerprint density at radius 2 is 2.00 bits per heavy atom. The number of nitrogens with zero attached hydrogens (tertiary/aromatic N) is 3. The van der Waals surface area contributed by atoms with Gasteiger partial charge in [0.15, 0.2) is 0 Å². The minimum atomic E-state index is -4.39. The maximum atomic E-state index is 12.7. The van der Waals surface area contributed by atoms with Crippen molar-refractivity contribution in [2.45, 2.75) is 44.9 Å². The number of hydrogen-bond donors (Lipinski definition) is 1. The Balaban J connectivity index is 1.76. The summed E-state index contributed by atoms with van der Waals surface area (Å²) in [6.07, 6.45) is -2.85. The zero-order valence-corrected chi connectivity index (χ0v) is 15.1. The van der Waals surface area contributed by atoms with Crippen LogP contribution in [0.1, 0.15) is 38.1 Å². The van der Waals surface area contributed by atoms with E-state index >= 15 is 0 Å². The van der Waals surface area contributed by atoms with Gasteiger partial charge >= 0.3 is 6.18 Å². The highest BCUT2D eigenvalue weighted by atomic mass is 19.4. The van der Waals surface area contributed by atoms with Crippen LogP contribution in [0, 0.1) is 0 Å². The molecule has 9 heteroatoms. The van der Waals surface area contributed by atoms with Crippen molar-refractivity contribution in [2.24, 2.45) is 0 Å². The van der Waals surface area contributed by atoms with Crippen molar-refractivity contribution in [3.05, 3.63) is 35.7 Å². The van der Waals surface area contributed by atoms with Crippen molar-refractivity contribution in [3.63, 3.8) is 0 Å². The fourth-order valence-corrected chi connectivity index (χ4v) is 3.31. The molecule has 1 aliphatic heterocycles. The molecule has 0 bridgehead atoms. The van der Waals surface area contributed by atoms with E-state index in [-0.39, 0.29) is 11.7 Å². The molecule has 2 heterocycles. The standard InChI is InChI=1S/C18H21F3N4O2/c1-3-8-17(2)16(26)22-9-10-25(17)11-14-23-15(24-27-14)12-4-6-13(7-5-12)18(19,20)21/h4-7H,3,8-11H2,1-2H3,(H,22,26)/t17-/m1/s1. The van der Waals surface area contributed by atoms with Crippen molar-refractivity contribution >= 4 is 5.91 Å². The molecule has 3 rings (SSSR count). The first-order chi connectivity index (χ1) is 12.7. The van der Waals surface area contributed by atoms with Gasteiger partial charge in [0, 0.05) is 18.7 Å². The Morgan fingerprint density at radius 1 is 1.30 bits per heavy atom. The number of carbonyl (C=O) groups is 1. The summed E-state index contributed by atoms with van der Waals surface area (Å²) in [5.41, 5.74) is -0.953. The molecular weight excluding hydrogens is 361 g/mol. The van der Waals surface area contributed by atoms with Crippen LogP contribution in [0.3, 0.4) is 0 Å². The minimum Gasteiger partial charge on any atom is -0.353 e. The van der Waals surface area contributed by atoms with Crippen LogP contribution in [0.15, 0.2) is 28.8 Å². The maximum Gasteiger partial charge on any atom is 0.416 e. The zero-order valence-electron chi connectivity index (χ0n) is 15.1. The summed E-state index contributed by atoms with van der Waals surface area (Å²) in [6, 6.07) is 4.59. The average molecular weight is 382 g/mol. The molecule has 0 unspecified atom stereocenters. The molecule has 1 saturated heterocycles. The largest absolute Gasteiger partial charge is 0.416 e. The van der Waals surface area contributed by atoms with Gasteiger partial charge in [-0.05, 0) is 25.5 Å². The smallest absolute Gasteiger partial charge is 0.353 e. The molecule has 27 heavy (non-hydrogen) atoms. The number of halogens is 3. The van der Waals surface area contributed by atoms with Crippen molar-refractivity contribution in [1.29, 1.82) is 0 Å². The van der Waals surface area contributed by atoms with Crippen molar-refractivity contribution < 1.29 is 22.5 Å². The fourth-order valence-electron chi connectivity index (χ4n) is 3.31. The van der Waals surface area contributed by atoms with E-state index in [1.165, 1.54) is 12.1 Å². The van der Waals surface area contributed by atoms with E-state index in [1.807, 2.05) is 18.7 Å². The lowest BCUT2D eigenvalue weighted by atomic mass is 9.90. The number of alkyl halides is 3. The molecule has 0 aliphatic carbocycles. The van der Waals surface area contributed by atoms with E-state index in [0.29, 0.717) is 37.5 Å². The van der Waals surface area contributed by atoms with Crippen LogP contribution in [0.5, 0.6) is 0 Å². The number of amides is 1. The predicted molar refractivity (Wildman–Crippen MR) is 91.5 cm³/mol. The minimum absolute atomic E-state index is 0.0296. The number of carbonyl (C=O) groups excluding carboxylic acids is 1. The van der Waals surface area contributed by atoms with Gasteiger partial charge in [0.1, 0.15) is 0 Å². The summed E-state index contributed by atoms with van der Waals surface area (Å²) in [5.74, 6) is 0.511. The summed E-state index contributed by atoms with van der Waals surface area (Å²) in [4.78, 5) is 18.6. The second-order valence-electron chi connectivity index (χ2n) is 6.79. The van der Waals surface area contributed by atoms with E-state index in [4.69, 9.17) is 4.52 Å². The Kier molecular flexibility index (Phi) is 5.23. The third-order valence-corrected chi connectivity index (χ3v) is 4.86. The molecule has 1 fully saturated rings. The monoisotopic (exact) mass is 382 g/mol. The number of nitrogens with one attached hydrogen (secondary N) is 1. The van der Waals surface area contributed by atoms with Crippen LogP contribution < -0.4 is 5.32 Å². The third-order valence-electron chi connectivity index (χ3n) is 4.86. The van der Waals surface area contributed by atoms with Gasteiger partial charge in [-0.1, -0.05) is 30.6 Å². The van der Waals surface area contributed by atoms with Gasteiger partial charge in [-0.25, -0.2) is 0 Å². The second kappa shape index (κ2) is 7.30. The Hall–Kier alpha value is -2.42. The fraction of sp³-hybridized carbons (Fsp3) is 0.500. The molecule has 0 spiro atoms. The molecular formula is C18H21F3N4O2. The summed E-state index contributed by atoms with van der Waals surface area (Å²) in [5, 5.41) is 6.74. The molecule has 1 aromatic carbocycles. The number of aromatic nitrogens is 2. The van der Waals surface area contributed by atoms with E-state index in [1.54, 1.807) is 0 Å². The summed E-state index contributed by atoms with van der Waals surface area (Å²) >= 11 is 0. The Morgan fingerprint density at radius 3 is 2.63 bits per heavy atom. The highest BCUT2D eigenvalue weighted by Gasteiger charge is 2.41. The van der Waals surface area contributed by atoms with Gasteiger partial charge in [0.2, 0.25) is 17.6 Å². The zero-order chi connectivity index (χ0) is 19.7. The van der Waals surface area contributed by atoms with Gasteiger partial charge in [-0.3, -0.25) is 9.69 Å². The second-order valence-corrected chi connectivity index (χ2v) is 6.79. The van der Waals surface area contributed by atoms with Crippen LogP contribution in [0.4, 0.5) is 13.2 Å². The summed E-state index contributed by atoms with van der Waals surface area (Å²) < 4.78 is 43.3. The van der Waals surface area contributed by atoms with Gasteiger partial charge in [0.25, 0.3) is 0 Å². The Bertz CT molecular complexity index is 804. The molecule has 1 amide bonds. The molecule has 1 aliphatic rings. The van der Waals surface area contributed by atoms with E-state index in [9.17, 15) is 18.0 Å². The van der Waals surface area contributed by atoms with E-state index in [2.05, 4.69) is 15.5 Å². The van der Waals surface area contributed by atoms with Crippen molar-refractivity contribution in [3.8, 4) is 11.4 Å². The molecule has 2 aromatic rings. The van der Waals surface area contributed by atoms with Crippen LogP contribution in [0.2, 0.25) is 0 Å². The molecule has 146 valence electrons. The maximum absolute atomic E-state index is 12.7. The molecule has 1 aromatic heterocycles. The highest BCUT2D eigenvalue weighted by molar-refractivity contribution is 5.86. The molecule has 0 radical (unpaired) electrons. The lowest BCUT2D eigenvalue weighted by Gasteiger charge is -2.42. The van der Waals surface area contributed by atoms with Crippen LogP contribution in [-0.4, -0.2) is 39.6 Å². The van der Waals surface area contributed by atoms with Gasteiger partial charge in [-0.2, -0.15) is 18.2 Å². The number of rotatable bonds is 5. The number of benzene rings is 1. The summed E-state index contributed by atoms with van der Waals surface area (Å²) in [6.45, 7) is 5.40. The third kappa shape index (κ3) is 3.97. The van der Waals surface area contributed by atoms with E-state index in [0.717, 1.165) is 18.6 Å². The SMILES string of the molecule is CCC[C@]1(C)C(=O)NCCN1Cc1nc(-c2ccc(C(F)(F)F)cc2)no1. The normalized spacial score (nSPS) is 21.3. The van der Waals surface area contributed by atoms with Gasteiger partial charge < -0.3 is 9.84 Å². The molecule has 1 N–H and O–H groups in total. The highest BCUT2D eigenvalue weighted by Crippen LogP contribution is 2.31. The van der Waals surface area contributed by atoms with Crippen LogP contribution in [0.25, 0.3) is 11.4 Å². The Labute approximate surface area is 154 Å².